The molecule has 1 fully saturated rings. The van der Waals surface area contributed by atoms with Crippen LogP contribution in [-0.4, -0.2) is 36.6 Å². The summed E-state index contributed by atoms with van der Waals surface area (Å²) in [7, 11) is 2.17. The van der Waals surface area contributed by atoms with E-state index in [1.54, 1.807) is 0 Å². The molecule has 98 valence electrons. The molecule has 0 amide bonds. The topological polar surface area (TPSA) is 39.1 Å². The zero-order valence-corrected chi connectivity index (χ0v) is 11.8. The summed E-state index contributed by atoms with van der Waals surface area (Å²) >= 11 is 0. The molecular formula is C14H27N3. The average molecular weight is 237 g/mol. The fraction of sp³-hybridized carbons (Fsp3) is 0.929. The maximum Gasteiger partial charge on any atom is 0.105 e. The molecule has 1 aliphatic rings. The van der Waals surface area contributed by atoms with Gasteiger partial charge in [-0.3, -0.25) is 5.32 Å². The van der Waals surface area contributed by atoms with Gasteiger partial charge in [-0.2, -0.15) is 5.26 Å². The highest BCUT2D eigenvalue weighted by molar-refractivity contribution is 5.04. The van der Waals surface area contributed by atoms with Crippen LogP contribution in [0.2, 0.25) is 0 Å². The lowest BCUT2D eigenvalue weighted by Crippen LogP contribution is -2.47. The standard InChI is InChI=1S/C14H27N3/c1-12(2)16-14(3,11-15)8-9-17(4)10-13-6-5-7-13/h12-13,16H,5-10H2,1-4H3. The Labute approximate surface area is 106 Å². The molecule has 1 saturated carbocycles. The highest BCUT2D eigenvalue weighted by atomic mass is 15.1. The SMILES string of the molecule is CC(C)NC(C)(C#N)CCN(C)CC1CCC1. The number of nitrogens with one attached hydrogen (secondary N) is 1. The highest BCUT2D eigenvalue weighted by Gasteiger charge is 2.25. The predicted octanol–water partition coefficient (Wildman–Crippen LogP) is 2.39. The van der Waals surface area contributed by atoms with E-state index in [0.29, 0.717) is 6.04 Å². The second-order valence-electron chi connectivity index (χ2n) is 6.05. The molecule has 0 aromatic carbocycles. The minimum atomic E-state index is -0.387. The van der Waals surface area contributed by atoms with Gasteiger partial charge in [0.15, 0.2) is 0 Å². The number of rotatable bonds is 7. The van der Waals surface area contributed by atoms with Crippen LogP contribution in [0.1, 0.15) is 46.5 Å². The molecule has 17 heavy (non-hydrogen) atoms. The van der Waals surface area contributed by atoms with Crippen LogP contribution in [0.5, 0.6) is 0 Å². The van der Waals surface area contributed by atoms with E-state index in [9.17, 15) is 5.26 Å². The smallest absolute Gasteiger partial charge is 0.105 e. The van der Waals surface area contributed by atoms with Crippen LogP contribution >= 0.6 is 0 Å². The van der Waals surface area contributed by atoms with Gasteiger partial charge in [-0.25, -0.2) is 0 Å². The minimum Gasteiger partial charge on any atom is -0.306 e. The molecule has 0 saturated heterocycles. The second-order valence-corrected chi connectivity index (χ2v) is 6.05. The van der Waals surface area contributed by atoms with Gasteiger partial charge in [0.1, 0.15) is 5.54 Å². The van der Waals surface area contributed by atoms with Crippen molar-refractivity contribution in [3.8, 4) is 6.07 Å². The third-order valence-corrected chi connectivity index (χ3v) is 3.64. The van der Waals surface area contributed by atoms with Crippen molar-refractivity contribution in [3.63, 3.8) is 0 Å². The maximum atomic E-state index is 9.26. The number of nitriles is 1. The van der Waals surface area contributed by atoms with Gasteiger partial charge in [-0.05, 0) is 53.0 Å². The van der Waals surface area contributed by atoms with Crippen molar-refractivity contribution in [1.82, 2.24) is 10.2 Å². The molecule has 0 radical (unpaired) electrons. The van der Waals surface area contributed by atoms with Crippen LogP contribution in [0.15, 0.2) is 0 Å². The van der Waals surface area contributed by atoms with Crippen LogP contribution in [0.4, 0.5) is 0 Å². The zero-order valence-electron chi connectivity index (χ0n) is 11.8. The molecule has 1 unspecified atom stereocenters. The van der Waals surface area contributed by atoms with Gasteiger partial charge < -0.3 is 4.90 Å². The Balaban J connectivity index is 2.28. The van der Waals surface area contributed by atoms with Crippen LogP contribution < -0.4 is 5.32 Å². The molecule has 0 aliphatic heterocycles. The first-order valence-electron chi connectivity index (χ1n) is 6.82. The van der Waals surface area contributed by atoms with Gasteiger partial charge in [-0.15, -0.1) is 0 Å². The van der Waals surface area contributed by atoms with Crippen LogP contribution in [-0.2, 0) is 0 Å². The third-order valence-electron chi connectivity index (χ3n) is 3.64. The summed E-state index contributed by atoms with van der Waals surface area (Å²) in [6.45, 7) is 8.38. The summed E-state index contributed by atoms with van der Waals surface area (Å²) in [5, 5.41) is 12.6. The van der Waals surface area contributed by atoms with Crippen LogP contribution in [0.3, 0.4) is 0 Å². The summed E-state index contributed by atoms with van der Waals surface area (Å²) in [6, 6.07) is 2.77. The lowest BCUT2D eigenvalue weighted by Gasteiger charge is -2.32. The molecule has 0 spiro atoms. The van der Waals surface area contributed by atoms with Gasteiger partial charge in [0.2, 0.25) is 0 Å². The van der Waals surface area contributed by atoms with Crippen molar-refractivity contribution < 1.29 is 0 Å². The normalized spacial score (nSPS) is 20.1. The molecule has 0 bridgehead atoms. The van der Waals surface area contributed by atoms with Crippen LogP contribution in [0, 0.1) is 17.2 Å². The van der Waals surface area contributed by atoms with Gasteiger partial charge in [0, 0.05) is 19.1 Å². The summed E-state index contributed by atoms with van der Waals surface area (Å²) in [5.74, 6) is 0.909. The Bertz CT molecular complexity index is 265. The van der Waals surface area contributed by atoms with E-state index < -0.39 is 0 Å². The minimum absolute atomic E-state index is 0.358. The van der Waals surface area contributed by atoms with E-state index in [1.165, 1.54) is 25.8 Å². The Morgan fingerprint density at radius 1 is 1.47 bits per heavy atom. The Kier molecular flexibility index (Phi) is 5.42. The molecule has 3 nitrogen and oxygen atoms in total. The van der Waals surface area contributed by atoms with Crippen LogP contribution in [0.25, 0.3) is 0 Å². The molecule has 0 heterocycles. The zero-order chi connectivity index (χ0) is 12.9. The Hall–Kier alpha value is -0.590. The lowest BCUT2D eigenvalue weighted by atomic mass is 9.85. The number of hydrogen-bond donors (Lipinski definition) is 1. The maximum absolute atomic E-state index is 9.26. The first-order chi connectivity index (χ1) is 7.95. The highest BCUT2D eigenvalue weighted by Crippen LogP contribution is 2.26. The monoisotopic (exact) mass is 237 g/mol. The summed E-state index contributed by atoms with van der Waals surface area (Å²) < 4.78 is 0. The predicted molar refractivity (Wildman–Crippen MR) is 71.7 cm³/mol. The summed E-state index contributed by atoms with van der Waals surface area (Å²) in [6.07, 6.45) is 5.09. The molecule has 3 heteroatoms. The number of hydrogen-bond acceptors (Lipinski definition) is 3. The molecular weight excluding hydrogens is 210 g/mol. The van der Waals surface area contributed by atoms with Gasteiger partial charge in [0.25, 0.3) is 0 Å². The first-order valence-corrected chi connectivity index (χ1v) is 6.82. The van der Waals surface area contributed by atoms with E-state index >= 15 is 0 Å². The average Bonchev–Trinajstić information content (AvgIpc) is 2.20. The van der Waals surface area contributed by atoms with E-state index in [-0.39, 0.29) is 5.54 Å². The van der Waals surface area contributed by atoms with Gasteiger partial charge >= 0.3 is 0 Å². The summed E-state index contributed by atoms with van der Waals surface area (Å²) in [5.41, 5.74) is -0.387. The molecule has 0 aromatic heterocycles. The quantitative estimate of drug-likeness (QED) is 0.739. The Morgan fingerprint density at radius 3 is 2.53 bits per heavy atom. The fourth-order valence-corrected chi connectivity index (χ4v) is 2.42. The van der Waals surface area contributed by atoms with Crippen molar-refractivity contribution >= 4 is 0 Å². The van der Waals surface area contributed by atoms with Crippen molar-refractivity contribution in [2.45, 2.75) is 58.0 Å². The second kappa shape index (κ2) is 6.37. The molecule has 1 atom stereocenters. The molecule has 1 N–H and O–H groups in total. The van der Waals surface area contributed by atoms with E-state index in [0.717, 1.165) is 18.9 Å². The van der Waals surface area contributed by atoms with Gasteiger partial charge in [-0.1, -0.05) is 6.42 Å². The summed E-state index contributed by atoms with van der Waals surface area (Å²) in [4.78, 5) is 2.38. The molecule has 0 aromatic rings. The largest absolute Gasteiger partial charge is 0.306 e. The van der Waals surface area contributed by atoms with Crippen molar-refractivity contribution in [1.29, 1.82) is 5.26 Å². The first kappa shape index (κ1) is 14.5. The van der Waals surface area contributed by atoms with E-state index in [4.69, 9.17) is 0 Å². The van der Waals surface area contributed by atoms with Crippen molar-refractivity contribution in [2.75, 3.05) is 20.1 Å². The number of nitrogens with zero attached hydrogens (tertiary/aromatic N) is 2. The van der Waals surface area contributed by atoms with E-state index in [1.807, 2.05) is 6.92 Å². The Morgan fingerprint density at radius 2 is 2.12 bits per heavy atom. The van der Waals surface area contributed by atoms with E-state index in [2.05, 4.69) is 37.2 Å². The van der Waals surface area contributed by atoms with Gasteiger partial charge in [0.05, 0.1) is 6.07 Å². The molecule has 1 aliphatic carbocycles. The third kappa shape index (κ3) is 5.06. The van der Waals surface area contributed by atoms with Crippen molar-refractivity contribution in [2.24, 2.45) is 5.92 Å². The fourth-order valence-electron chi connectivity index (χ4n) is 2.42. The lowest BCUT2D eigenvalue weighted by molar-refractivity contribution is 0.193. The molecule has 1 rings (SSSR count). The van der Waals surface area contributed by atoms with Crippen molar-refractivity contribution in [3.05, 3.63) is 0 Å².